The summed E-state index contributed by atoms with van der Waals surface area (Å²) in [5, 5.41) is 29.4. The van der Waals surface area contributed by atoms with Crippen molar-refractivity contribution in [3.05, 3.63) is 58.3 Å². The van der Waals surface area contributed by atoms with Crippen LogP contribution in [0, 0.1) is 45.3 Å². The zero-order chi connectivity index (χ0) is 20.7. The van der Waals surface area contributed by atoms with Crippen LogP contribution in [0.25, 0.3) is 0 Å². The number of benzene rings is 1. The average molecular weight is 383 g/mol. The average Bonchev–Trinajstić information content (AvgIpc) is 2.67. The van der Waals surface area contributed by atoms with Gasteiger partial charge in [0.2, 0.25) is 0 Å². The van der Waals surface area contributed by atoms with E-state index in [-0.39, 0.29) is 16.8 Å². The van der Waals surface area contributed by atoms with Gasteiger partial charge >= 0.3 is 6.18 Å². The Bertz CT molecular complexity index is 986. The Morgan fingerprint density at radius 1 is 1.18 bits per heavy atom. The molecular weight excluding hydrogens is 367 g/mol. The highest BCUT2D eigenvalue weighted by Crippen LogP contribution is 2.55. The van der Waals surface area contributed by atoms with Crippen LogP contribution in [0.15, 0.2) is 47.2 Å². The molecule has 2 atom stereocenters. The smallest absolute Gasteiger partial charge is 0.399 e. The SMILES string of the molecule is CN1CC=C2C(C#N)=C(N)C(C#N)(C#N)C(c3ccccc3C(F)(F)F)C2C1. The third kappa shape index (κ3) is 2.72. The standard InChI is InChI=1S/C20H16F3N5/c1-28-7-6-12-14(8-24)18(27)19(10-25,11-26)17(15(12)9-28)13-4-2-3-5-16(13)20(21,22)23/h2-6,15,17H,7,9,27H2,1H3. The van der Waals surface area contributed by atoms with Crippen LogP contribution in [0.3, 0.4) is 0 Å². The van der Waals surface area contributed by atoms with E-state index in [4.69, 9.17) is 5.73 Å². The first-order chi connectivity index (χ1) is 13.2. The molecule has 5 nitrogen and oxygen atoms in total. The molecule has 0 spiro atoms. The number of fused-ring (bicyclic) bond motifs is 1. The third-order valence-electron chi connectivity index (χ3n) is 5.45. The van der Waals surface area contributed by atoms with E-state index in [1.165, 1.54) is 18.2 Å². The molecule has 28 heavy (non-hydrogen) atoms. The summed E-state index contributed by atoms with van der Waals surface area (Å²) < 4.78 is 41.2. The molecule has 1 aromatic rings. The first-order valence-corrected chi connectivity index (χ1v) is 8.49. The molecule has 0 bridgehead atoms. The van der Waals surface area contributed by atoms with Gasteiger partial charge in [0.1, 0.15) is 6.07 Å². The maximum Gasteiger partial charge on any atom is 0.416 e. The molecule has 8 heteroatoms. The highest BCUT2D eigenvalue weighted by molar-refractivity contribution is 5.60. The van der Waals surface area contributed by atoms with Crippen molar-refractivity contribution < 1.29 is 13.2 Å². The molecule has 0 saturated carbocycles. The lowest BCUT2D eigenvalue weighted by Crippen LogP contribution is -2.47. The van der Waals surface area contributed by atoms with E-state index in [0.29, 0.717) is 18.7 Å². The number of nitrogens with zero attached hydrogens (tertiary/aromatic N) is 4. The predicted octanol–water partition coefficient (Wildman–Crippen LogP) is 3.06. The predicted molar refractivity (Wildman–Crippen MR) is 93.7 cm³/mol. The minimum atomic E-state index is -4.66. The number of hydrogen-bond donors (Lipinski definition) is 1. The fourth-order valence-corrected chi connectivity index (χ4v) is 4.19. The summed E-state index contributed by atoms with van der Waals surface area (Å²) in [6, 6.07) is 10.6. The van der Waals surface area contributed by atoms with Crippen LogP contribution < -0.4 is 5.73 Å². The second-order valence-electron chi connectivity index (χ2n) is 6.98. The second-order valence-corrected chi connectivity index (χ2v) is 6.98. The van der Waals surface area contributed by atoms with E-state index in [2.05, 4.69) is 0 Å². The molecule has 142 valence electrons. The van der Waals surface area contributed by atoms with Crippen LogP contribution in [-0.2, 0) is 6.18 Å². The Hall–Kier alpha value is -3.28. The van der Waals surface area contributed by atoms with Crippen LogP contribution >= 0.6 is 0 Å². The van der Waals surface area contributed by atoms with E-state index in [1.54, 1.807) is 13.1 Å². The third-order valence-corrected chi connectivity index (χ3v) is 5.45. The Labute approximate surface area is 160 Å². The normalized spacial score (nSPS) is 24.4. The first-order valence-electron chi connectivity index (χ1n) is 8.49. The van der Waals surface area contributed by atoms with Gasteiger partial charge in [-0.15, -0.1) is 0 Å². The fourth-order valence-electron chi connectivity index (χ4n) is 4.19. The fraction of sp³-hybridized carbons (Fsp3) is 0.350. The van der Waals surface area contributed by atoms with E-state index >= 15 is 0 Å². The summed E-state index contributed by atoms with van der Waals surface area (Å²) in [7, 11) is 1.79. The molecule has 0 saturated heterocycles. The van der Waals surface area contributed by atoms with Crippen molar-refractivity contribution in [2.75, 3.05) is 20.1 Å². The van der Waals surface area contributed by atoms with Gasteiger partial charge < -0.3 is 10.6 Å². The maximum absolute atomic E-state index is 13.7. The molecule has 0 amide bonds. The van der Waals surface area contributed by atoms with E-state index in [1.807, 2.05) is 23.1 Å². The first kappa shape index (κ1) is 19.5. The van der Waals surface area contributed by atoms with Crippen LogP contribution in [0.2, 0.25) is 0 Å². The Morgan fingerprint density at radius 3 is 2.39 bits per heavy atom. The largest absolute Gasteiger partial charge is 0.416 e. The zero-order valence-corrected chi connectivity index (χ0v) is 15.0. The molecule has 3 rings (SSSR count). The second kappa shape index (κ2) is 6.71. The van der Waals surface area contributed by atoms with Gasteiger partial charge in [-0.05, 0) is 24.3 Å². The molecule has 1 aliphatic carbocycles. The lowest BCUT2D eigenvalue weighted by Gasteiger charge is -2.45. The lowest BCUT2D eigenvalue weighted by atomic mass is 9.57. The molecule has 2 N–H and O–H groups in total. The highest BCUT2D eigenvalue weighted by atomic mass is 19.4. The van der Waals surface area contributed by atoms with Gasteiger partial charge in [-0.2, -0.15) is 29.0 Å². The highest BCUT2D eigenvalue weighted by Gasteiger charge is 2.55. The molecule has 0 fully saturated rings. The Kier molecular flexibility index (Phi) is 4.67. The summed E-state index contributed by atoms with van der Waals surface area (Å²) in [4.78, 5) is 1.87. The minimum Gasteiger partial charge on any atom is -0.399 e. The number of rotatable bonds is 1. The number of halogens is 3. The molecule has 0 aromatic heterocycles. The van der Waals surface area contributed by atoms with Crippen molar-refractivity contribution in [2.24, 2.45) is 17.1 Å². The summed E-state index contributed by atoms with van der Waals surface area (Å²) in [6.45, 7) is 0.788. The van der Waals surface area contributed by atoms with E-state index < -0.39 is 29.0 Å². The van der Waals surface area contributed by atoms with Crippen molar-refractivity contribution in [1.82, 2.24) is 4.90 Å². The van der Waals surface area contributed by atoms with Crippen molar-refractivity contribution in [2.45, 2.75) is 12.1 Å². The van der Waals surface area contributed by atoms with Crippen LogP contribution in [0.5, 0.6) is 0 Å². The summed E-state index contributed by atoms with van der Waals surface area (Å²) >= 11 is 0. The quantitative estimate of drug-likeness (QED) is 0.803. The molecule has 1 aliphatic heterocycles. The van der Waals surface area contributed by atoms with E-state index in [0.717, 1.165) is 6.07 Å². The van der Waals surface area contributed by atoms with Crippen LogP contribution in [0.1, 0.15) is 17.0 Å². The van der Waals surface area contributed by atoms with Gasteiger partial charge in [-0.25, -0.2) is 0 Å². The monoisotopic (exact) mass is 383 g/mol. The van der Waals surface area contributed by atoms with Gasteiger partial charge in [0.05, 0.1) is 29.0 Å². The Morgan fingerprint density at radius 2 is 1.82 bits per heavy atom. The maximum atomic E-state index is 13.7. The Balaban J connectivity index is 2.40. The van der Waals surface area contributed by atoms with Gasteiger partial charge in [0.15, 0.2) is 5.41 Å². The van der Waals surface area contributed by atoms with Crippen molar-refractivity contribution in [1.29, 1.82) is 15.8 Å². The van der Waals surface area contributed by atoms with Gasteiger partial charge in [0.25, 0.3) is 0 Å². The van der Waals surface area contributed by atoms with Gasteiger partial charge in [0, 0.05) is 24.9 Å². The molecule has 2 unspecified atom stereocenters. The van der Waals surface area contributed by atoms with Crippen LogP contribution in [0.4, 0.5) is 13.2 Å². The number of alkyl halides is 3. The molecular formula is C20H16F3N5. The summed E-state index contributed by atoms with van der Waals surface area (Å²) in [6.07, 6.45) is -2.92. The molecule has 1 heterocycles. The number of hydrogen-bond acceptors (Lipinski definition) is 5. The molecule has 1 aromatic carbocycles. The zero-order valence-electron chi connectivity index (χ0n) is 15.0. The summed E-state index contributed by atoms with van der Waals surface area (Å²) in [5.41, 5.74) is 3.18. The van der Waals surface area contributed by atoms with Crippen LogP contribution in [-0.4, -0.2) is 25.0 Å². The van der Waals surface area contributed by atoms with Gasteiger partial charge in [-0.3, -0.25) is 0 Å². The van der Waals surface area contributed by atoms with E-state index in [9.17, 15) is 29.0 Å². The minimum absolute atomic E-state index is 0.0157. The number of nitrogens with two attached hydrogens (primary N) is 1. The van der Waals surface area contributed by atoms with Crippen molar-refractivity contribution in [3.8, 4) is 18.2 Å². The molecule has 0 radical (unpaired) electrons. The number of allylic oxidation sites excluding steroid dienone is 2. The molecule has 2 aliphatic rings. The topological polar surface area (TPSA) is 101 Å². The lowest BCUT2D eigenvalue weighted by molar-refractivity contribution is -0.138. The number of nitriles is 3. The van der Waals surface area contributed by atoms with Gasteiger partial charge in [-0.1, -0.05) is 24.3 Å². The number of likely N-dealkylation sites (N-methyl/N-ethyl adjacent to an activating group) is 1. The van der Waals surface area contributed by atoms with Crippen molar-refractivity contribution >= 4 is 0 Å². The van der Waals surface area contributed by atoms with Crippen molar-refractivity contribution in [3.63, 3.8) is 0 Å². The summed E-state index contributed by atoms with van der Waals surface area (Å²) in [5.74, 6) is -1.81.